The van der Waals surface area contributed by atoms with Gasteiger partial charge >= 0.3 is 0 Å². The summed E-state index contributed by atoms with van der Waals surface area (Å²) in [5.41, 5.74) is 2.31. The summed E-state index contributed by atoms with van der Waals surface area (Å²) in [6.07, 6.45) is 0.495. The molecule has 2 N–H and O–H groups in total. The summed E-state index contributed by atoms with van der Waals surface area (Å²) in [4.78, 5) is 0. The Hall–Kier alpha value is -1.02. The second-order valence-corrected chi connectivity index (χ2v) is 3.72. The number of para-hydroxylation sites is 1. The van der Waals surface area contributed by atoms with Crippen molar-refractivity contribution in [3.63, 3.8) is 0 Å². The van der Waals surface area contributed by atoms with Crippen LogP contribution < -0.4 is 5.32 Å². The van der Waals surface area contributed by atoms with Crippen molar-refractivity contribution in [1.29, 1.82) is 0 Å². The second-order valence-electron chi connectivity index (χ2n) is 3.72. The molecule has 14 heavy (non-hydrogen) atoms. The first-order valence-corrected chi connectivity index (χ1v) is 5.15. The molecular formula is C12H19NO. The molecule has 0 radical (unpaired) electrons. The van der Waals surface area contributed by atoms with Crippen molar-refractivity contribution in [2.24, 2.45) is 0 Å². The van der Waals surface area contributed by atoms with Crippen LogP contribution in [-0.2, 0) is 0 Å². The summed E-state index contributed by atoms with van der Waals surface area (Å²) in [6, 6.07) is 8.21. The van der Waals surface area contributed by atoms with Gasteiger partial charge in [-0.2, -0.15) is 0 Å². The minimum Gasteiger partial charge on any atom is -0.391 e. The maximum atomic E-state index is 9.62. The third-order valence-corrected chi connectivity index (χ3v) is 2.52. The first kappa shape index (κ1) is 11.1. The van der Waals surface area contributed by atoms with E-state index in [1.807, 2.05) is 32.0 Å². The average molecular weight is 193 g/mol. The SMILES string of the molecule is CCC(O)C(C)Nc1ccccc1C. The number of aliphatic hydroxyl groups is 1. The van der Waals surface area contributed by atoms with Crippen LogP contribution >= 0.6 is 0 Å². The van der Waals surface area contributed by atoms with Gasteiger partial charge in [0.1, 0.15) is 0 Å². The monoisotopic (exact) mass is 193 g/mol. The van der Waals surface area contributed by atoms with E-state index in [-0.39, 0.29) is 12.1 Å². The normalized spacial score (nSPS) is 14.9. The highest BCUT2D eigenvalue weighted by Crippen LogP contribution is 2.15. The molecule has 0 saturated heterocycles. The molecule has 1 aromatic rings. The molecule has 0 bridgehead atoms. The van der Waals surface area contributed by atoms with Crippen LogP contribution in [0.2, 0.25) is 0 Å². The van der Waals surface area contributed by atoms with Crippen molar-refractivity contribution in [2.45, 2.75) is 39.3 Å². The van der Waals surface area contributed by atoms with Gasteiger partial charge in [-0.1, -0.05) is 25.1 Å². The Morgan fingerprint density at radius 1 is 1.36 bits per heavy atom. The predicted octanol–water partition coefficient (Wildman–Crippen LogP) is 2.57. The van der Waals surface area contributed by atoms with Crippen molar-refractivity contribution in [3.8, 4) is 0 Å². The van der Waals surface area contributed by atoms with Crippen LogP contribution in [0.25, 0.3) is 0 Å². The molecule has 2 atom stereocenters. The first-order valence-electron chi connectivity index (χ1n) is 5.15. The Morgan fingerprint density at radius 2 is 2.00 bits per heavy atom. The lowest BCUT2D eigenvalue weighted by atomic mass is 10.1. The van der Waals surface area contributed by atoms with Gasteiger partial charge in [0.2, 0.25) is 0 Å². The Kier molecular flexibility index (Phi) is 3.96. The molecule has 78 valence electrons. The second kappa shape index (κ2) is 5.01. The van der Waals surface area contributed by atoms with Gasteiger partial charge in [-0.25, -0.2) is 0 Å². The first-order chi connectivity index (χ1) is 6.65. The molecule has 2 heteroatoms. The number of nitrogens with one attached hydrogen (secondary N) is 1. The fraction of sp³-hybridized carbons (Fsp3) is 0.500. The maximum absolute atomic E-state index is 9.62. The minimum absolute atomic E-state index is 0.0982. The van der Waals surface area contributed by atoms with E-state index < -0.39 is 0 Å². The molecule has 0 aliphatic heterocycles. The Bertz CT molecular complexity index is 285. The van der Waals surface area contributed by atoms with E-state index in [1.54, 1.807) is 0 Å². The highest BCUT2D eigenvalue weighted by Gasteiger charge is 2.11. The molecule has 0 saturated carbocycles. The highest BCUT2D eigenvalue weighted by molar-refractivity contribution is 5.50. The van der Waals surface area contributed by atoms with Crippen LogP contribution in [0.4, 0.5) is 5.69 Å². The highest BCUT2D eigenvalue weighted by atomic mass is 16.3. The summed E-state index contributed by atoms with van der Waals surface area (Å²) in [5.74, 6) is 0. The van der Waals surface area contributed by atoms with E-state index >= 15 is 0 Å². The number of anilines is 1. The Labute approximate surface area is 86.0 Å². The number of rotatable bonds is 4. The van der Waals surface area contributed by atoms with Gasteiger partial charge in [0.25, 0.3) is 0 Å². The number of aliphatic hydroxyl groups excluding tert-OH is 1. The van der Waals surface area contributed by atoms with Crippen LogP contribution in [0.15, 0.2) is 24.3 Å². The van der Waals surface area contributed by atoms with Crippen LogP contribution in [0.3, 0.4) is 0 Å². The number of benzene rings is 1. The van der Waals surface area contributed by atoms with Crippen molar-refractivity contribution < 1.29 is 5.11 Å². The fourth-order valence-electron chi connectivity index (χ4n) is 1.43. The molecule has 0 aliphatic carbocycles. The van der Waals surface area contributed by atoms with Crippen LogP contribution in [-0.4, -0.2) is 17.3 Å². The van der Waals surface area contributed by atoms with Crippen LogP contribution in [0.1, 0.15) is 25.8 Å². The molecule has 0 aliphatic rings. The van der Waals surface area contributed by atoms with E-state index in [4.69, 9.17) is 0 Å². The maximum Gasteiger partial charge on any atom is 0.0735 e. The standard InChI is InChI=1S/C12H19NO/c1-4-12(14)10(3)13-11-8-6-5-7-9(11)2/h5-8,10,12-14H,4H2,1-3H3. The third kappa shape index (κ3) is 2.74. The molecule has 0 aromatic heterocycles. The van der Waals surface area contributed by atoms with Gasteiger partial charge < -0.3 is 10.4 Å². The molecule has 2 nitrogen and oxygen atoms in total. The quantitative estimate of drug-likeness (QED) is 0.770. The van der Waals surface area contributed by atoms with Gasteiger partial charge in [0.15, 0.2) is 0 Å². The summed E-state index contributed by atoms with van der Waals surface area (Å²) in [6.45, 7) is 6.05. The van der Waals surface area contributed by atoms with Crippen molar-refractivity contribution in [2.75, 3.05) is 5.32 Å². The van der Waals surface area contributed by atoms with Crippen molar-refractivity contribution in [3.05, 3.63) is 29.8 Å². The smallest absolute Gasteiger partial charge is 0.0735 e. The van der Waals surface area contributed by atoms with Gasteiger partial charge in [0.05, 0.1) is 6.10 Å². The summed E-state index contributed by atoms with van der Waals surface area (Å²) < 4.78 is 0. The molecule has 0 amide bonds. The van der Waals surface area contributed by atoms with Crippen LogP contribution in [0.5, 0.6) is 0 Å². The van der Waals surface area contributed by atoms with Gasteiger partial charge in [-0.15, -0.1) is 0 Å². The summed E-state index contributed by atoms with van der Waals surface area (Å²) >= 11 is 0. The Balaban J connectivity index is 2.64. The van der Waals surface area contributed by atoms with E-state index in [9.17, 15) is 5.11 Å². The molecule has 0 heterocycles. The van der Waals surface area contributed by atoms with Crippen molar-refractivity contribution >= 4 is 5.69 Å². The predicted molar refractivity (Wildman–Crippen MR) is 60.6 cm³/mol. The van der Waals surface area contributed by atoms with Gasteiger partial charge in [-0.3, -0.25) is 0 Å². The minimum atomic E-state index is -0.283. The van der Waals surface area contributed by atoms with E-state index in [2.05, 4.69) is 18.3 Å². The van der Waals surface area contributed by atoms with Gasteiger partial charge in [0, 0.05) is 11.7 Å². The number of hydrogen-bond acceptors (Lipinski definition) is 2. The Morgan fingerprint density at radius 3 is 2.57 bits per heavy atom. The largest absolute Gasteiger partial charge is 0.391 e. The lowest BCUT2D eigenvalue weighted by molar-refractivity contribution is 0.154. The van der Waals surface area contributed by atoms with Crippen molar-refractivity contribution in [1.82, 2.24) is 0 Å². The van der Waals surface area contributed by atoms with Gasteiger partial charge in [-0.05, 0) is 31.9 Å². The molecule has 0 spiro atoms. The molecule has 2 unspecified atom stereocenters. The lowest BCUT2D eigenvalue weighted by Crippen LogP contribution is -2.30. The zero-order chi connectivity index (χ0) is 10.6. The zero-order valence-electron chi connectivity index (χ0n) is 9.12. The average Bonchev–Trinajstić information content (AvgIpc) is 2.20. The third-order valence-electron chi connectivity index (χ3n) is 2.52. The van der Waals surface area contributed by atoms with Crippen LogP contribution in [0, 0.1) is 6.92 Å². The van der Waals surface area contributed by atoms with E-state index in [1.165, 1.54) is 5.56 Å². The molecule has 0 fully saturated rings. The molecule has 1 rings (SSSR count). The molecule has 1 aromatic carbocycles. The topological polar surface area (TPSA) is 32.3 Å². The van der Waals surface area contributed by atoms with E-state index in [0.29, 0.717) is 0 Å². The summed E-state index contributed by atoms with van der Waals surface area (Å²) in [5, 5.41) is 12.9. The molecular weight excluding hydrogens is 174 g/mol. The number of aryl methyl sites for hydroxylation is 1. The van der Waals surface area contributed by atoms with E-state index in [0.717, 1.165) is 12.1 Å². The lowest BCUT2D eigenvalue weighted by Gasteiger charge is -2.21. The number of hydrogen-bond donors (Lipinski definition) is 2. The zero-order valence-corrected chi connectivity index (χ0v) is 9.12. The fourth-order valence-corrected chi connectivity index (χ4v) is 1.43. The summed E-state index contributed by atoms with van der Waals surface area (Å²) in [7, 11) is 0.